The monoisotopic (exact) mass is 406 g/mol. The van der Waals surface area contributed by atoms with Crippen molar-refractivity contribution in [3.63, 3.8) is 0 Å². The highest BCUT2D eigenvalue weighted by Crippen LogP contribution is 2.31. The van der Waals surface area contributed by atoms with Crippen LogP contribution in [0.2, 0.25) is 0 Å². The van der Waals surface area contributed by atoms with Gasteiger partial charge in [0.05, 0.1) is 40.1 Å². The number of aliphatic hydroxyl groups excluding tert-OH is 1. The Morgan fingerprint density at radius 1 is 1.03 bits per heavy atom. The SMILES string of the molecule is O[C@H]1CC[C@H](Nc2nc(Nc3cnn(-c4ccccc4)c3)nc3ccsc23)CC1. The number of benzene rings is 1. The van der Waals surface area contributed by atoms with E-state index < -0.39 is 0 Å². The van der Waals surface area contributed by atoms with Crippen molar-refractivity contribution in [1.82, 2.24) is 19.7 Å². The van der Waals surface area contributed by atoms with E-state index >= 15 is 0 Å². The van der Waals surface area contributed by atoms with Crippen LogP contribution in [0.1, 0.15) is 25.7 Å². The molecule has 1 aliphatic rings. The summed E-state index contributed by atoms with van der Waals surface area (Å²) >= 11 is 1.64. The number of fused-ring (bicyclic) bond motifs is 1. The van der Waals surface area contributed by atoms with Crippen molar-refractivity contribution in [1.29, 1.82) is 0 Å². The van der Waals surface area contributed by atoms with Crippen LogP contribution < -0.4 is 10.6 Å². The second-order valence-corrected chi connectivity index (χ2v) is 8.23. The molecule has 1 aliphatic carbocycles. The van der Waals surface area contributed by atoms with Crippen molar-refractivity contribution in [3.8, 4) is 5.69 Å². The first-order valence-electron chi connectivity index (χ1n) is 9.81. The van der Waals surface area contributed by atoms with Crippen molar-refractivity contribution >= 4 is 39.0 Å². The van der Waals surface area contributed by atoms with Crippen molar-refractivity contribution < 1.29 is 5.11 Å². The molecular weight excluding hydrogens is 384 g/mol. The second-order valence-electron chi connectivity index (χ2n) is 7.31. The van der Waals surface area contributed by atoms with Gasteiger partial charge >= 0.3 is 0 Å². The summed E-state index contributed by atoms with van der Waals surface area (Å²) in [4.78, 5) is 9.39. The Bertz CT molecular complexity index is 1100. The summed E-state index contributed by atoms with van der Waals surface area (Å²) in [7, 11) is 0. The highest BCUT2D eigenvalue weighted by atomic mass is 32.1. The van der Waals surface area contributed by atoms with Crippen LogP contribution in [0.4, 0.5) is 17.5 Å². The van der Waals surface area contributed by atoms with E-state index in [1.54, 1.807) is 17.5 Å². The van der Waals surface area contributed by atoms with Crippen molar-refractivity contribution in [3.05, 3.63) is 54.2 Å². The van der Waals surface area contributed by atoms with Crippen molar-refractivity contribution in [2.45, 2.75) is 37.8 Å². The van der Waals surface area contributed by atoms with Gasteiger partial charge in [0.25, 0.3) is 0 Å². The fraction of sp³-hybridized carbons (Fsp3) is 0.286. The first kappa shape index (κ1) is 18.1. The van der Waals surface area contributed by atoms with Crippen LogP contribution in [0.15, 0.2) is 54.2 Å². The summed E-state index contributed by atoms with van der Waals surface area (Å²) in [5.41, 5.74) is 2.74. The number of nitrogens with zero attached hydrogens (tertiary/aromatic N) is 4. The van der Waals surface area contributed by atoms with Crippen LogP contribution >= 0.6 is 11.3 Å². The number of anilines is 3. The summed E-state index contributed by atoms with van der Waals surface area (Å²) in [6, 6.07) is 12.3. The van der Waals surface area contributed by atoms with Gasteiger partial charge in [-0.05, 0) is 49.3 Å². The molecule has 7 nitrogen and oxygen atoms in total. The number of hydrogen-bond donors (Lipinski definition) is 3. The van der Waals surface area contributed by atoms with Gasteiger partial charge in [0.1, 0.15) is 5.82 Å². The average molecular weight is 407 g/mol. The van der Waals surface area contributed by atoms with E-state index in [4.69, 9.17) is 4.98 Å². The molecule has 29 heavy (non-hydrogen) atoms. The molecule has 0 amide bonds. The van der Waals surface area contributed by atoms with Gasteiger partial charge in [0, 0.05) is 6.04 Å². The maximum absolute atomic E-state index is 9.76. The molecule has 3 N–H and O–H groups in total. The van der Waals surface area contributed by atoms with Gasteiger partial charge < -0.3 is 15.7 Å². The van der Waals surface area contributed by atoms with Crippen LogP contribution in [0.3, 0.4) is 0 Å². The molecular formula is C21H22N6OS. The molecule has 3 aromatic heterocycles. The molecule has 0 radical (unpaired) electrons. The Morgan fingerprint density at radius 3 is 2.69 bits per heavy atom. The van der Waals surface area contributed by atoms with Gasteiger partial charge in [-0.2, -0.15) is 10.1 Å². The third-order valence-corrected chi connectivity index (χ3v) is 6.11. The Morgan fingerprint density at radius 2 is 1.86 bits per heavy atom. The number of rotatable bonds is 5. The van der Waals surface area contributed by atoms with Crippen LogP contribution in [-0.4, -0.2) is 37.0 Å². The van der Waals surface area contributed by atoms with Crippen molar-refractivity contribution in [2.75, 3.05) is 10.6 Å². The van der Waals surface area contributed by atoms with E-state index in [-0.39, 0.29) is 6.10 Å². The first-order valence-corrected chi connectivity index (χ1v) is 10.7. The van der Waals surface area contributed by atoms with Crippen molar-refractivity contribution in [2.24, 2.45) is 0 Å². The zero-order valence-corrected chi connectivity index (χ0v) is 16.6. The third-order valence-electron chi connectivity index (χ3n) is 5.20. The van der Waals surface area contributed by atoms with E-state index in [1.807, 2.05) is 52.7 Å². The predicted molar refractivity (Wildman–Crippen MR) is 116 cm³/mol. The molecule has 4 aromatic rings. The minimum atomic E-state index is -0.168. The highest BCUT2D eigenvalue weighted by molar-refractivity contribution is 7.17. The summed E-state index contributed by atoms with van der Waals surface area (Å²) in [5, 5.41) is 23.1. The Kier molecular flexibility index (Phi) is 4.87. The zero-order chi connectivity index (χ0) is 19.6. The molecule has 0 atom stereocenters. The van der Waals surface area contributed by atoms with Crippen LogP contribution in [0, 0.1) is 0 Å². The van der Waals surface area contributed by atoms with E-state index in [0.29, 0.717) is 12.0 Å². The zero-order valence-electron chi connectivity index (χ0n) is 15.8. The summed E-state index contributed by atoms with van der Waals surface area (Å²) in [6.45, 7) is 0. The molecule has 3 heterocycles. The molecule has 0 spiro atoms. The molecule has 0 bridgehead atoms. The maximum atomic E-state index is 9.76. The highest BCUT2D eigenvalue weighted by Gasteiger charge is 2.21. The Labute approximate surface area is 172 Å². The van der Waals surface area contributed by atoms with Crippen LogP contribution in [0.5, 0.6) is 0 Å². The smallest absolute Gasteiger partial charge is 0.229 e. The minimum absolute atomic E-state index is 0.168. The Hall–Kier alpha value is -2.97. The van der Waals surface area contributed by atoms with Gasteiger partial charge in [0.15, 0.2) is 0 Å². The van der Waals surface area contributed by atoms with E-state index in [1.165, 1.54) is 0 Å². The normalized spacial score (nSPS) is 19.3. The summed E-state index contributed by atoms with van der Waals surface area (Å²) < 4.78 is 2.87. The quantitative estimate of drug-likeness (QED) is 0.457. The molecule has 148 valence electrons. The molecule has 1 aromatic carbocycles. The van der Waals surface area contributed by atoms with E-state index in [0.717, 1.165) is 53.1 Å². The minimum Gasteiger partial charge on any atom is -0.393 e. The summed E-state index contributed by atoms with van der Waals surface area (Å²) in [6.07, 6.45) is 7.09. The fourth-order valence-electron chi connectivity index (χ4n) is 3.67. The number of nitrogens with one attached hydrogen (secondary N) is 2. The molecule has 1 saturated carbocycles. The topological polar surface area (TPSA) is 87.9 Å². The first-order chi connectivity index (χ1) is 14.2. The predicted octanol–water partition coefficient (Wildman–Crippen LogP) is 4.34. The van der Waals surface area contributed by atoms with Gasteiger partial charge in [-0.1, -0.05) is 18.2 Å². The largest absolute Gasteiger partial charge is 0.393 e. The standard InChI is InChI=1S/C21H22N6OS/c28-17-8-6-14(7-9-17)23-20-19-18(10-11-29-19)25-21(26-20)24-15-12-22-27(13-15)16-4-2-1-3-5-16/h1-5,10-14,17,28H,6-9H2,(H2,23,24,25,26)/t14-,17-. The van der Waals surface area contributed by atoms with Gasteiger partial charge in [0.2, 0.25) is 5.95 Å². The molecule has 0 saturated heterocycles. The number of hydrogen-bond acceptors (Lipinski definition) is 7. The number of thiophene rings is 1. The van der Waals surface area contributed by atoms with Gasteiger partial charge in [-0.3, -0.25) is 0 Å². The molecule has 0 aliphatic heterocycles. The van der Waals surface area contributed by atoms with E-state index in [9.17, 15) is 5.11 Å². The average Bonchev–Trinajstić information content (AvgIpc) is 3.40. The lowest BCUT2D eigenvalue weighted by Gasteiger charge is -2.26. The maximum Gasteiger partial charge on any atom is 0.229 e. The van der Waals surface area contributed by atoms with Crippen LogP contribution in [0.25, 0.3) is 15.9 Å². The van der Waals surface area contributed by atoms with Crippen LogP contribution in [-0.2, 0) is 0 Å². The fourth-order valence-corrected chi connectivity index (χ4v) is 4.45. The second kappa shape index (κ2) is 7.81. The molecule has 5 rings (SSSR count). The number of aliphatic hydroxyl groups is 1. The van der Waals surface area contributed by atoms with E-state index in [2.05, 4.69) is 20.7 Å². The molecule has 0 unspecified atom stereocenters. The number of aromatic nitrogens is 4. The lowest BCUT2D eigenvalue weighted by Crippen LogP contribution is -2.28. The number of para-hydroxylation sites is 1. The van der Waals surface area contributed by atoms with Gasteiger partial charge in [-0.25, -0.2) is 9.67 Å². The Balaban J connectivity index is 1.39. The summed E-state index contributed by atoms with van der Waals surface area (Å²) in [5.74, 6) is 1.39. The molecule has 1 fully saturated rings. The lowest BCUT2D eigenvalue weighted by atomic mass is 9.93. The third kappa shape index (κ3) is 3.94. The molecule has 8 heteroatoms. The lowest BCUT2D eigenvalue weighted by molar-refractivity contribution is 0.126. The van der Waals surface area contributed by atoms with Gasteiger partial charge in [-0.15, -0.1) is 11.3 Å².